The molecule has 5 heteroatoms. The second-order valence-electron chi connectivity index (χ2n) is 4.84. The summed E-state index contributed by atoms with van der Waals surface area (Å²) in [5, 5.41) is 11.8. The predicted molar refractivity (Wildman–Crippen MR) is 83.5 cm³/mol. The topological polar surface area (TPSA) is 52.0 Å². The van der Waals surface area contributed by atoms with Crippen molar-refractivity contribution in [2.75, 3.05) is 13.2 Å². The first-order valence-electron chi connectivity index (χ1n) is 7.62. The number of para-hydroxylation sites is 1. The molecule has 0 aliphatic rings. The van der Waals surface area contributed by atoms with Crippen LogP contribution in [0, 0.1) is 0 Å². The van der Waals surface area contributed by atoms with E-state index in [9.17, 15) is 0 Å². The average Bonchev–Trinajstić information content (AvgIpc) is 3.01. The van der Waals surface area contributed by atoms with Gasteiger partial charge in [0.2, 0.25) is 0 Å². The standard InChI is InChI=1S/C16H24N4O/c1-4-15(21-6-3)16(17-5-2)14-12-18-19-20(14)13-10-8-7-9-11-13/h7-12,15-17H,4-6H2,1-3H3. The molecule has 5 nitrogen and oxygen atoms in total. The van der Waals surface area contributed by atoms with Crippen LogP contribution in [0.15, 0.2) is 36.5 Å². The van der Waals surface area contributed by atoms with Gasteiger partial charge in [0.25, 0.3) is 0 Å². The normalized spacial score (nSPS) is 14.0. The van der Waals surface area contributed by atoms with Crippen LogP contribution in [0.1, 0.15) is 38.9 Å². The maximum absolute atomic E-state index is 5.89. The second kappa shape index (κ2) is 7.90. The van der Waals surface area contributed by atoms with Crippen molar-refractivity contribution in [1.29, 1.82) is 0 Å². The van der Waals surface area contributed by atoms with E-state index in [1.165, 1.54) is 0 Å². The molecule has 0 saturated heterocycles. The molecule has 2 rings (SSSR count). The Morgan fingerprint density at radius 3 is 2.57 bits per heavy atom. The van der Waals surface area contributed by atoms with Gasteiger partial charge in [0.05, 0.1) is 29.7 Å². The van der Waals surface area contributed by atoms with Crippen LogP contribution in [0.5, 0.6) is 0 Å². The molecule has 0 radical (unpaired) electrons. The molecule has 2 aromatic rings. The van der Waals surface area contributed by atoms with Crippen LogP contribution in [0.4, 0.5) is 0 Å². The third-order valence-electron chi connectivity index (χ3n) is 3.47. The molecule has 0 bridgehead atoms. The predicted octanol–water partition coefficient (Wildman–Crippen LogP) is 2.73. The maximum Gasteiger partial charge on any atom is 0.0841 e. The van der Waals surface area contributed by atoms with Crippen LogP contribution in [-0.4, -0.2) is 34.2 Å². The smallest absolute Gasteiger partial charge is 0.0841 e. The van der Waals surface area contributed by atoms with Gasteiger partial charge in [-0.25, -0.2) is 4.68 Å². The molecule has 1 aromatic carbocycles. The molecule has 0 aliphatic heterocycles. The molecule has 2 unspecified atom stereocenters. The Hall–Kier alpha value is -1.72. The summed E-state index contributed by atoms with van der Waals surface area (Å²) in [5.74, 6) is 0. The van der Waals surface area contributed by atoms with E-state index >= 15 is 0 Å². The van der Waals surface area contributed by atoms with Gasteiger partial charge >= 0.3 is 0 Å². The van der Waals surface area contributed by atoms with Crippen molar-refractivity contribution in [2.24, 2.45) is 0 Å². The highest BCUT2D eigenvalue weighted by Gasteiger charge is 2.25. The molecule has 0 amide bonds. The second-order valence-corrected chi connectivity index (χ2v) is 4.84. The Bertz CT molecular complexity index is 526. The molecule has 21 heavy (non-hydrogen) atoms. The Kier molecular flexibility index (Phi) is 5.90. The number of rotatable bonds is 8. The highest BCUT2D eigenvalue weighted by atomic mass is 16.5. The zero-order valence-corrected chi connectivity index (χ0v) is 13.0. The van der Waals surface area contributed by atoms with Gasteiger partial charge in [0.15, 0.2) is 0 Å². The van der Waals surface area contributed by atoms with E-state index in [2.05, 4.69) is 29.5 Å². The first kappa shape index (κ1) is 15.7. The molecule has 2 atom stereocenters. The van der Waals surface area contributed by atoms with E-state index in [1.54, 1.807) is 0 Å². The van der Waals surface area contributed by atoms with Gasteiger partial charge in [0.1, 0.15) is 0 Å². The molecular weight excluding hydrogens is 264 g/mol. The Morgan fingerprint density at radius 2 is 1.95 bits per heavy atom. The summed E-state index contributed by atoms with van der Waals surface area (Å²) in [4.78, 5) is 0. The number of aromatic nitrogens is 3. The molecule has 114 valence electrons. The minimum Gasteiger partial charge on any atom is -0.376 e. The number of nitrogens with one attached hydrogen (secondary N) is 1. The fraction of sp³-hybridized carbons (Fsp3) is 0.500. The molecule has 0 aliphatic carbocycles. The Balaban J connectivity index is 2.35. The van der Waals surface area contributed by atoms with Crippen molar-refractivity contribution < 1.29 is 4.74 Å². The number of benzene rings is 1. The van der Waals surface area contributed by atoms with Gasteiger partial charge in [0, 0.05) is 6.61 Å². The first-order chi connectivity index (χ1) is 10.3. The minimum absolute atomic E-state index is 0.0788. The fourth-order valence-corrected chi connectivity index (χ4v) is 2.54. The summed E-state index contributed by atoms with van der Waals surface area (Å²) in [5.41, 5.74) is 2.04. The van der Waals surface area contributed by atoms with Gasteiger partial charge in [-0.1, -0.05) is 37.3 Å². The summed E-state index contributed by atoms with van der Waals surface area (Å²) < 4.78 is 7.77. The summed E-state index contributed by atoms with van der Waals surface area (Å²) in [6.45, 7) is 7.84. The van der Waals surface area contributed by atoms with Crippen LogP contribution in [-0.2, 0) is 4.74 Å². The van der Waals surface area contributed by atoms with Crippen molar-refractivity contribution in [1.82, 2.24) is 20.3 Å². The van der Waals surface area contributed by atoms with Crippen molar-refractivity contribution in [2.45, 2.75) is 39.3 Å². The SMILES string of the molecule is CCNC(c1cnnn1-c1ccccc1)C(CC)OCC. The Labute approximate surface area is 126 Å². The molecule has 1 N–H and O–H groups in total. The zero-order valence-electron chi connectivity index (χ0n) is 13.0. The molecule has 0 fully saturated rings. The van der Waals surface area contributed by atoms with Gasteiger partial charge in [-0.15, -0.1) is 5.10 Å². The lowest BCUT2D eigenvalue weighted by Gasteiger charge is -2.27. The van der Waals surface area contributed by atoms with Crippen LogP contribution in [0.25, 0.3) is 5.69 Å². The van der Waals surface area contributed by atoms with Crippen molar-refractivity contribution >= 4 is 0 Å². The van der Waals surface area contributed by atoms with Gasteiger partial charge in [-0.05, 0) is 32.0 Å². The van der Waals surface area contributed by atoms with Crippen LogP contribution >= 0.6 is 0 Å². The number of likely N-dealkylation sites (N-methyl/N-ethyl adjacent to an activating group) is 1. The molecule has 1 aromatic heterocycles. The number of nitrogens with zero attached hydrogens (tertiary/aromatic N) is 3. The fourth-order valence-electron chi connectivity index (χ4n) is 2.54. The van der Waals surface area contributed by atoms with E-state index < -0.39 is 0 Å². The molecule has 0 spiro atoms. The van der Waals surface area contributed by atoms with Gasteiger partial charge in [-0.3, -0.25) is 0 Å². The van der Waals surface area contributed by atoms with E-state index in [1.807, 2.05) is 48.1 Å². The third kappa shape index (κ3) is 3.68. The summed E-state index contributed by atoms with van der Waals surface area (Å²) in [6, 6.07) is 10.1. The lowest BCUT2D eigenvalue weighted by molar-refractivity contribution is 0.0301. The summed E-state index contributed by atoms with van der Waals surface area (Å²) in [7, 11) is 0. The maximum atomic E-state index is 5.89. The van der Waals surface area contributed by atoms with Crippen molar-refractivity contribution in [3.8, 4) is 5.69 Å². The molecular formula is C16H24N4O. The van der Waals surface area contributed by atoms with Crippen LogP contribution in [0.2, 0.25) is 0 Å². The lowest BCUT2D eigenvalue weighted by Crippen LogP contribution is -2.35. The zero-order chi connectivity index (χ0) is 15.1. The van der Waals surface area contributed by atoms with Crippen LogP contribution in [0.3, 0.4) is 0 Å². The monoisotopic (exact) mass is 288 g/mol. The van der Waals surface area contributed by atoms with Crippen molar-refractivity contribution in [3.05, 3.63) is 42.2 Å². The van der Waals surface area contributed by atoms with Crippen LogP contribution < -0.4 is 5.32 Å². The number of hydrogen-bond acceptors (Lipinski definition) is 4. The molecule has 0 saturated carbocycles. The summed E-state index contributed by atoms with van der Waals surface area (Å²) in [6.07, 6.45) is 2.86. The van der Waals surface area contributed by atoms with E-state index in [4.69, 9.17) is 4.74 Å². The van der Waals surface area contributed by atoms with E-state index in [0.717, 1.165) is 24.3 Å². The van der Waals surface area contributed by atoms with Gasteiger partial charge in [-0.2, -0.15) is 0 Å². The van der Waals surface area contributed by atoms with Gasteiger partial charge < -0.3 is 10.1 Å². The third-order valence-corrected chi connectivity index (χ3v) is 3.47. The van der Waals surface area contributed by atoms with E-state index in [0.29, 0.717) is 6.61 Å². The Morgan fingerprint density at radius 1 is 1.19 bits per heavy atom. The quantitative estimate of drug-likeness (QED) is 0.811. The first-order valence-corrected chi connectivity index (χ1v) is 7.62. The van der Waals surface area contributed by atoms with E-state index in [-0.39, 0.29) is 12.1 Å². The average molecular weight is 288 g/mol. The molecule has 1 heterocycles. The summed E-state index contributed by atoms with van der Waals surface area (Å²) >= 11 is 0. The largest absolute Gasteiger partial charge is 0.376 e. The number of ether oxygens (including phenoxy) is 1. The highest BCUT2D eigenvalue weighted by molar-refractivity contribution is 5.32. The number of hydrogen-bond donors (Lipinski definition) is 1. The van der Waals surface area contributed by atoms with Crippen molar-refractivity contribution in [3.63, 3.8) is 0 Å². The minimum atomic E-state index is 0.0788. The highest BCUT2D eigenvalue weighted by Crippen LogP contribution is 2.23. The lowest BCUT2D eigenvalue weighted by atomic mass is 10.0.